The monoisotopic (exact) mass is 688 g/mol. The number of ketones is 1. The number of rotatable bonds is 10. The Kier molecular flexibility index (Phi) is 11.4. The van der Waals surface area contributed by atoms with E-state index in [-0.39, 0.29) is 43.1 Å². The summed E-state index contributed by atoms with van der Waals surface area (Å²) in [7, 11) is -4.33. The van der Waals surface area contributed by atoms with Gasteiger partial charge >= 0.3 is 6.09 Å². The minimum Gasteiger partial charge on any atom is -0.483 e. The lowest BCUT2D eigenvalue weighted by molar-refractivity contribution is -0.121. The third-order valence-corrected chi connectivity index (χ3v) is 7.78. The first-order chi connectivity index (χ1) is 21.4. The molecule has 0 aliphatic rings. The van der Waals surface area contributed by atoms with Crippen molar-refractivity contribution < 1.29 is 37.1 Å². The molecule has 1 unspecified atom stereocenters. The van der Waals surface area contributed by atoms with Gasteiger partial charge in [-0.2, -0.15) is 5.26 Å². The summed E-state index contributed by atoms with van der Waals surface area (Å²) in [5, 5.41) is 14.5. The van der Waals surface area contributed by atoms with Crippen molar-refractivity contribution in [1.82, 2.24) is 10.0 Å². The summed E-state index contributed by atoms with van der Waals surface area (Å²) in [5.74, 6) is -2.10. The van der Waals surface area contributed by atoms with Gasteiger partial charge in [0.2, 0.25) is 0 Å². The highest BCUT2D eigenvalue weighted by molar-refractivity contribution is 7.90. The molecule has 12 nitrogen and oxygen atoms in total. The van der Waals surface area contributed by atoms with E-state index in [1.54, 1.807) is 27.7 Å². The van der Waals surface area contributed by atoms with Crippen molar-refractivity contribution in [2.75, 3.05) is 11.9 Å². The molecule has 0 spiro atoms. The topological polar surface area (TPSA) is 181 Å². The second-order valence-electron chi connectivity index (χ2n) is 11.0. The number of nitrogens with zero attached hydrogens (tertiary/aromatic N) is 1. The van der Waals surface area contributed by atoms with Gasteiger partial charge in [-0.15, -0.1) is 0 Å². The molecular weight excluding hydrogens is 659 g/mol. The highest BCUT2D eigenvalue weighted by Gasteiger charge is 2.26. The van der Waals surface area contributed by atoms with E-state index in [2.05, 4.69) is 10.6 Å². The largest absolute Gasteiger partial charge is 0.483 e. The number of benzene rings is 3. The zero-order chi connectivity index (χ0) is 34.4. The van der Waals surface area contributed by atoms with E-state index in [4.69, 9.17) is 32.7 Å². The average Bonchev–Trinajstić information content (AvgIpc) is 2.95. The van der Waals surface area contributed by atoms with Crippen molar-refractivity contribution in [2.24, 2.45) is 0 Å². The van der Waals surface area contributed by atoms with Crippen molar-refractivity contribution >= 4 is 62.6 Å². The first-order valence-corrected chi connectivity index (χ1v) is 15.8. The molecule has 0 heterocycles. The molecule has 1 atom stereocenters. The van der Waals surface area contributed by atoms with E-state index in [1.165, 1.54) is 61.5 Å². The van der Waals surface area contributed by atoms with Crippen LogP contribution in [0.25, 0.3) is 0 Å². The Morgan fingerprint density at radius 3 is 2.30 bits per heavy atom. The predicted octanol–water partition coefficient (Wildman–Crippen LogP) is 5.14. The van der Waals surface area contributed by atoms with Gasteiger partial charge in [-0.25, -0.2) is 17.9 Å². The lowest BCUT2D eigenvalue weighted by Crippen LogP contribution is -2.47. The van der Waals surface area contributed by atoms with Crippen molar-refractivity contribution in [1.29, 1.82) is 5.26 Å². The number of aryl methyl sites for hydroxylation is 1. The normalized spacial score (nSPS) is 11.9. The maximum atomic E-state index is 13.2. The standard InChI is InChI=1S/C31H30Cl2N4O8S/c1-17-10-23(46(42,43)37-29(40)18(2)35-30(41)45-31(3,4)5)7-8-25(17)36-27(38)16-44-26-9-6-21(32)14-24(26)28(39)20-11-19(15-34)12-22(33)13-20/h6-14,18H,16H2,1-5H3,(H,35,41)(H,36,38)(H,37,40). The van der Waals surface area contributed by atoms with Crippen LogP contribution in [0.4, 0.5) is 10.5 Å². The summed E-state index contributed by atoms with van der Waals surface area (Å²) in [6.45, 7) is 7.22. The quantitative estimate of drug-likeness (QED) is 0.243. The number of nitrogens with one attached hydrogen (secondary N) is 3. The van der Waals surface area contributed by atoms with E-state index >= 15 is 0 Å². The fraction of sp³-hybridized carbons (Fsp3) is 0.258. The summed E-state index contributed by atoms with van der Waals surface area (Å²) < 4.78 is 38.3. The Bertz CT molecular complexity index is 1850. The van der Waals surface area contributed by atoms with Gasteiger partial charge in [-0.05, 0) is 94.8 Å². The Morgan fingerprint density at radius 1 is 0.978 bits per heavy atom. The van der Waals surface area contributed by atoms with Crippen LogP contribution in [0.3, 0.4) is 0 Å². The third kappa shape index (κ3) is 9.93. The molecule has 3 aromatic carbocycles. The second-order valence-corrected chi connectivity index (χ2v) is 13.5. The van der Waals surface area contributed by atoms with Gasteiger partial charge in [0.15, 0.2) is 12.4 Å². The minimum atomic E-state index is -4.33. The van der Waals surface area contributed by atoms with Crippen LogP contribution in [-0.4, -0.2) is 50.4 Å². The van der Waals surface area contributed by atoms with Gasteiger partial charge in [0.25, 0.3) is 21.8 Å². The van der Waals surface area contributed by atoms with E-state index < -0.39 is 52.0 Å². The van der Waals surface area contributed by atoms with Crippen molar-refractivity contribution in [3.05, 3.63) is 86.9 Å². The molecule has 0 fully saturated rings. The smallest absolute Gasteiger partial charge is 0.408 e. The third-order valence-electron chi connectivity index (χ3n) is 5.98. The van der Waals surface area contributed by atoms with Crippen molar-refractivity contribution in [2.45, 2.75) is 51.2 Å². The summed E-state index contributed by atoms with van der Waals surface area (Å²) in [5.41, 5.74) is 0.133. The number of anilines is 1. The van der Waals surface area contributed by atoms with E-state index in [0.29, 0.717) is 5.56 Å². The first kappa shape index (κ1) is 35.8. The molecule has 0 bridgehead atoms. The highest BCUT2D eigenvalue weighted by atomic mass is 35.5. The van der Waals surface area contributed by atoms with Crippen LogP contribution in [0, 0.1) is 18.3 Å². The molecule has 0 saturated carbocycles. The molecule has 46 heavy (non-hydrogen) atoms. The van der Waals surface area contributed by atoms with E-state index in [0.717, 1.165) is 0 Å². The van der Waals surface area contributed by atoms with E-state index in [1.807, 2.05) is 10.8 Å². The average molecular weight is 690 g/mol. The number of carbonyl (C=O) groups excluding carboxylic acids is 4. The molecular formula is C31H30Cl2N4O8S. The number of carbonyl (C=O) groups is 4. The van der Waals surface area contributed by atoms with Crippen LogP contribution in [0.5, 0.6) is 5.75 Å². The number of amides is 3. The molecule has 3 rings (SSSR count). The molecule has 242 valence electrons. The number of hydrogen-bond acceptors (Lipinski definition) is 9. The Balaban J connectivity index is 1.67. The number of sulfonamides is 1. The Morgan fingerprint density at radius 2 is 1.67 bits per heavy atom. The van der Waals surface area contributed by atoms with Gasteiger partial charge in [-0.1, -0.05) is 23.2 Å². The van der Waals surface area contributed by atoms with Crippen LogP contribution >= 0.6 is 23.2 Å². The first-order valence-electron chi connectivity index (χ1n) is 13.5. The van der Waals surface area contributed by atoms with Gasteiger partial charge in [-0.3, -0.25) is 14.4 Å². The fourth-order valence-corrected chi connectivity index (χ4v) is 5.39. The second kappa shape index (κ2) is 14.6. The SMILES string of the molecule is Cc1cc(S(=O)(=O)NC(=O)C(C)NC(=O)OC(C)(C)C)ccc1NC(=O)COc1ccc(Cl)cc1C(=O)c1cc(Cl)cc(C#N)c1. The van der Waals surface area contributed by atoms with Gasteiger partial charge in [0.1, 0.15) is 17.4 Å². The van der Waals surface area contributed by atoms with Crippen molar-refractivity contribution in [3.8, 4) is 11.8 Å². The zero-order valence-corrected chi connectivity index (χ0v) is 27.7. The highest BCUT2D eigenvalue weighted by Crippen LogP contribution is 2.27. The van der Waals surface area contributed by atoms with Gasteiger partial charge in [0.05, 0.1) is 22.1 Å². The molecule has 0 radical (unpaired) electrons. The predicted molar refractivity (Wildman–Crippen MR) is 171 cm³/mol. The molecule has 0 aromatic heterocycles. The van der Waals surface area contributed by atoms with Crippen molar-refractivity contribution in [3.63, 3.8) is 0 Å². The number of halogens is 2. The van der Waals surface area contributed by atoms with E-state index in [9.17, 15) is 32.9 Å². The zero-order valence-electron chi connectivity index (χ0n) is 25.4. The number of hydrogen-bond donors (Lipinski definition) is 3. The van der Waals surface area contributed by atoms with Gasteiger partial charge in [0, 0.05) is 21.3 Å². The molecule has 3 aromatic rings. The maximum Gasteiger partial charge on any atom is 0.408 e. The van der Waals surface area contributed by atoms with Crippen LogP contribution in [-0.2, 0) is 24.3 Å². The number of nitriles is 1. The summed E-state index contributed by atoms with van der Waals surface area (Å²) in [6.07, 6.45) is -0.887. The molecule has 0 aliphatic carbocycles. The lowest BCUT2D eigenvalue weighted by Gasteiger charge is -2.21. The molecule has 0 aliphatic heterocycles. The molecule has 3 amide bonds. The Labute approximate surface area is 276 Å². The van der Waals surface area contributed by atoms with Gasteiger partial charge < -0.3 is 20.1 Å². The van der Waals surface area contributed by atoms with Crippen LogP contribution in [0.1, 0.15) is 54.7 Å². The van der Waals surface area contributed by atoms with Crippen LogP contribution < -0.4 is 20.1 Å². The number of ether oxygens (including phenoxy) is 2. The molecule has 0 saturated heterocycles. The summed E-state index contributed by atoms with van der Waals surface area (Å²) in [6, 6.07) is 12.9. The number of alkyl carbamates (subject to hydrolysis) is 1. The maximum absolute atomic E-state index is 13.2. The van der Waals surface area contributed by atoms with Crippen LogP contribution in [0.15, 0.2) is 59.5 Å². The van der Waals surface area contributed by atoms with Crippen LogP contribution in [0.2, 0.25) is 10.0 Å². The fourth-order valence-electron chi connectivity index (χ4n) is 3.85. The summed E-state index contributed by atoms with van der Waals surface area (Å²) in [4.78, 5) is 50.1. The molecule has 15 heteroatoms. The minimum absolute atomic E-state index is 0.0369. The Hall–Kier alpha value is -4.64. The summed E-state index contributed by atoms with van der Waals surface area (Å²) >= 11 is 12.1. The molecule has 3 N–H and O–H groups in total. The lowest BCUT2D eigenvalue weighted by atomic mass is 10.0.